The first-order chi connectivity index (χ1) is 39.6. The summed E-state index contributed by atoms with van der Waals surface area (Å²) >= 11 is 0. The van der Waals surface area contributed by atoms with Gasteiger partial charge in [-0.25, -0.2) is 8.42 Å². The molecule has 4 amide bonds. The molecule has 0 aromatic heterocycles. The number of rotatable bonds is 54. The maximum atomic E-state index is 12.2. The van der Waals surface area contributed by atoms with E-state index >= 15 is 0 Å². The number of Topliss-reactive ketones (excluding diaryl/α,β-unsaturated/α-hetero) is 3. The average Bonchev–Trinajstić information content (AvgIpc) is 3.44. The molecule has 1 rings (SSSR count). The highest BCUT2D eigenvalue weighted by Crippen LogP contribution is 2.16. The van der Waals surface area contributed by atoms with Gasteiger partial charge in [0.15, 0.2) is 11.6 Å². The van der Waals surface area contributed by atoms with Gasteiger partial charge < -0.3 is 50.2 Å². The SMILES string of the molecule is CNC(=O)CCC(CC(=O)COCCOCCNC(=O)CCCS(=O)(=O)NC(=O)CCCCCCCCCCCCCCCCC(=O)O)C(=O)O.Cc1ccc(C(=O)CCCNC(=O)COCCOCCCC(=O)CCC(C)C(=O)O)cc1. The van der Waals surface area contributed by atoms with Crippen LogP contribution in [-0.2, 0) is 72.1 Å². The minimum absolute atomic E-state index is 0.0101. The number of unbranched alkanes of at least 4 members (excludes halogenated alkanes) is 13. The predicted octanol–water partition coefficient (Wildman–Crippen LogP) is 6.83. The fourth-order valence-corrected chi connectivity index (χ4v) is 9.08. The van der Waals surface area contributed by atoms with Gasteiger partial charge >= 0.3 is 17.9 Å². The lowest BCUT2D eigenvalue weighted by atomic mass is 9.97. The van der Waals surface area contributed by atoms with Crippen LogP contribution in [0.15, 0.2) is 24.3 Å². The summed E-state index contributed by atoms with van der Waals surface area (Å²) < 4.78 is 47.6. The molecule has 0 bridgehead atoms. The second kappa shape index (κ2) is 50.8. The molecule has 7 N–H and O–H groups in total. The molecule has 0 aliphatic rings. The Morgan fingerprint density at radius 1 is 0.482 bits per heavy atom. The van der Waals surface area contributed by atoms with Crippen LogP contribution in [-0.4, -0.2) is 161 Å². The predicted molar refractivity (Wildman–Crippen MR) is 311 cm³/mol. The fourth-order valence-electron chi connectivity index (χ4n) is 8.01. The Morgan fingerprint density at radius 3 is 1.58 bits per heavy atom. The maximum absolute atomic E-state index is 12.2. The van der Waals surface area contributed by atoms with E-state index in [0.717, 1.165) is 50.5 Å². The van der Waals surface area contributed by atoms with Gasteiger partial charge in [-0.15, -0.1) is 0 Å². The van der Waals surface area contributed by atoms with Gasteiger partial charge in [-0.3, -0.25) is 52.7 Å². The number of nitrogens with one attached hydrogen (secondary N) is 4. The molecule has 0 saturated heterocycles. The van der Waals surface area contributed by atoms with E-state index in [1.807, 2.05) is 31.2 Å². The maximum Gasteiger partial charge on any atom is 0.306 e. The van der Waals surface area contributed by atoms with Gasteiger partial charge in [0.25, 0.3) is 0 Å². The van der Waals surface area contributed by atoms with Gasteiger partial charge in [0.1, 0.15) is 19.0 Å². The van der Waals surface area contributed by atoms with E-state index in [2.05, 4.69) is 20.7 Å². The molecule has 0 spiro atoms. The van der Waals surface area contributed by atoms with Gasteiger partial charge in [0.05, 0.1) is 50.6 Å². The Balaban J connectivity index is 0.00000180. The number of aryl methyl sites for hydroxylation is 1. The van der Waals surface area contributed by atoms with Gasteiger partial charge in [0, 0.05) is 83.7 Å². The van der Waals surface area contributed by atoms with Crippen LogP contribution in [0.4, 0.5) is 0 Å². The molecule has 0 saturated carbocycles. The van der Waals surface area contributed by atoms with Crippen molar-refractivity contribution in [2.24, 2.45) is 11.8 Å². The topological polar surface area (TPSA) is 351 Å². The number of carboxylic acids is 3. The van der Waals surface area contributed by atoms with Crippen LogP contribution in [0.3, 0.4) is 0 Å². The number of hydrogen-bond donors (Lipinski definition) is 7. The van der Waals surface area contributed by atoms with Crippen molar-refractivity contribution >= 4 is 68.9 Å². The van der Waals surface area contributed by atoms with E-state index in [1.165, 1.54) is 45.6 Å². The van der Waals surface area contributed by atoms with Crippen LogP contribution in [0.1, 0.15) is 196 Å². The summed E-state index contributed by atoms with van der Waals surface area (Å²) in [4.78, 5) is 115. The molecule has 23 nitrogen and oxygen atoms in total. The quantitative estimate of drug-likeness (QED) is 0.0259. The summed E-state index contributed by atoms with van der Waals surface area (Å²) in [7, 11) is -2.37. The van der Waals surface area contributed by atoms with Crippen LogP contribution >= 0.6 is 0 Å². The molecule has 0 aliphatic carbocycles. The number of hydrogen-bond acceptors (Lipinski definition) is 16. The largest absolute Gasteiger partial charge is 0.481 e. The lowest BCUT2D eigenvalue weighted by Crippen LogP contribution is -2.33. The Bertz CT molecular complexity index is 2140. The summed E-state index contributed by atoms with van der Waals surface area (Å²) in [5.41, 5.74) is 1.79. The number of sulfonamides is 1. The van der Waals surface area contributed by atoms with Crippen molar-refractivity contribution in [2.45, 2.75) is 187 Å². The zero-order valence-electron chi connectivity index (χ0n) is 49.6. The minimum Gasteiger partial charge on any atom is -0.481 e. The first-order valence-corrected chi connectivity index (χ1v) is 31.2. The number of ether oxygens (including phenoxy) is 4. The number of benzene rings is 1. The zero-order chi connectivity index (χ0) is 61.9. The lowest BCUT2D eigenvalue weighted by molar-refractivity contribution is -0.145. The Kier molecular flexibility index (Phi) is 47.3. The Labute approximate surface area is 491 Å². The van der Waals surface area contributed by atoms with Gasteiger partial charge in [0.2, 0.25) is 33.7 Å². The van der Waals surface area contributed by atoms with Gasteiger partial charge in [-0.05, 0) is 51.9 Å². The third-order valence-electron chi connectivity index (χ3n) is 13.1. The monoisotopic (exact) mass is 1200 g/mol. The molecule has 2 unspecified atom stereocenters. The average molecular weight is 1200 g/mol. The number of carboxylic acid groups (broad SMARTS) is 3. The van der Waals surface area contributed by atoms with E-state index in [0.29, 0.717) is 63.8 Å². The molecular weight excluding hydrogens is 1100 g/mol. The fraction of sp³-hybridized carbons (Fsp3) is 0.729. The summed E-state index contributed by atoms with van der Waals surface area (Å²) in [6.45, 7) is 5.19. The van der Waals surface area contributed by atoms with Crippen LogP contribution in [0.2, 0.25) is 0 Å². The third-order valence-corrected chi connectivity index (χ3v) is 14.4. The van der Waals surface area contributed by atoms with Crippen LogP contribution in [0.5, 0.6) is 0 Å². The number of carbonyl (C=O) groups excluding carboxylic acids is 7. The molecule has 0 fully saturated rings. The number of amides is 4. The van der Waals surface area contributed by atoms with Crippen molar-refractivity contribution in [3.05, 3.63) is 35.4 Å². The standard InChI is InChI=1S/C35H63N3O12S.C24H35NO7/c1-36-31(40)21-20-29(35(45)46)27-30(39)28-50-25-24-49-23-22-37-32(41)18-16-26-51(47,48)38-33(42)17-14-12-10-8-6-4-2-3-5-7-9-11-13-15-19-34(43)44;1-18-7-10-20(11-8-18)22(27)6-3-13-25-23(28)17-32-16-15-31-14-4-5-21(26)12-9-19(2)24(29)30/h29H,2-28H2,1H3,(H,36,40)(H,37,41)(H,38,42)(H,43,44)(H,45,46);7-8,10-11,19H,3-6,9,12-17H2,1-2H3,(H,25,28)(H,29,30). The highest BCUT2D eigenvalue weighted by Gasteiger charge is 2.22. The van der Waals surface area contributed by atoms with Crippen molar-refractivity contribution in [3.8, 4) is 0 Å². The molecule has 1 aromatic carbocycles. The molecule has 474 valence electrons. The number of carbonyl (C=O) groups is 10. The van der Waals surface area contributed by atoms with E-state index in [-0.39, 0.29) is 133 Å². The molecule has 83 heavy (non-hydrogen) atoms. The highest BCUT2D eigenvalue weighted by atomic mass is 32.2. The first-order valence-electron chi connectivity index (χ1n) is 29.5. The second-order valence-corrected chi connectivity index (χ2v) is 22.5. The number of aliphatic carboxylic acids is 3. The van der Waals surface area contributed by atoms with Gasteiger partial charge in [-0.1, -0.05) is 114 Å². The molecule has 0 radical (unpaired) electrons. The normalized spacial score (nSPS) is 11.8. The Morgan fingerprint density at radius 2 is 1.01 bits per heavy atom. The van der Waals surface area contributed by atoms with Crippen molar-refractivity contribution in [1.29, 1.82) is 0 Å². The van der Waals surface area contributed by atoms with Gasteiger partial charge in [-0.2, -0.15) is 0 Å². The lowest BCUT2D eigenvalue weighted by Gasteiger charge is -2.11. The molecule has 24 heteroatoms. The van der Waals surface area contributed by atoms with Crippen LogP contribution in [0.25, 0.3) is 0 Å². The first kappa shape index (κ1) is 77.3. The summed E-state index contributed by atoms with van der Waals surface area (Å²) in [5, 5.41) is 34.4. The minimum atomic E-state index is -3.82. The summed E-state index contributed by atoms with van der Waals surface area (Å²) in [5.74, 6) is -6.30. The molecule has 0 heterocycles. The molecule has 2 atom stereocenters. The molecular formula is C59H98N4O19S. The second-order valence-electron chi connectivity index (χ2n) is 20.6. The van der Waals surface area contributed by atoms with Crippen molar-refractivity contribution < 1.29 is 90.6 Å². The van der Waals surface area contributed by atoms with Crippen LogP contribution in [0, 0.1) is 18.8 Å². The van der Waals surface area contributed by atoms with Crippen molar-refractivity contribution in [2.75, 3.05) is 78.7 Å². The van der Waals surface area contributed by atoms with Crippen molar-refractivity contribution in [3.63, 3.8) is 0 Å². The van der Waals surface area contributed by atoms with E-state index in [9.17, 15) is 61.5 Å². The highest BCUT2D eigenvalue weighted by molar-refractivity contribution is 7.90. The summed E-state index contributed by atoms with van der Waals surface area (Å²) in [6, 6.07) is 7.43. The number of ketones is 3. The third kappa shape index (κ3) is 49.5. The van der Waals surface area contributed by atoms with Crippen LogP contribution < -0.4 is 20.7 Å². The molecule has 1 aromatic rings. The van der Waals surface area contributed by atoms with Crippen molar-refractivity contribution in [1.82, 2.24) is 20.7 Å². The smallest absolute Gasteiger partial charge is 0.306 e. The zero-order valence-corrected chi connectivity index (χ0v) is 50.4. The Hall–Kier alpha value is -5.69. The van der Waals surface area contributed by atoms with E-state index in [1.54, 1.807) is 6.92 Å². The molecule has 0 aliphatic heterocycles. The summed E-state index contributed by atoms with van der Waals surface area (Å²) in [6.07, 6.45) is 17.6. The van der Waals surface area contributed by atoms with E-state index < -0.39 is 51.5 Å². The van der Waals surface area contributed by atoms with E-state index in [4.69, 9.17) is 29.2 Å².